The minimum atomic E-state index is -0.720. The van der Waals surface area contributed by atoms with Crippen molar-refractivity contribution in [2.75, 3.05) is 5.73 Å². The van der Waals surface area contributed by atoms with Gasteiger partial charge in [0, 0.05) is 6.20 Å². The van der Waals surface area contributed by atoms with Gasteiger partial charge in [-0.2, -0.15) is 4.98 Å². The standard InChI is InChI=1S/C12H10FN3O/c13-10-8-16(12(17)15-11(10)14)7-6-9-4-2-1-3-5-9/h1-8H,(H2,14,15,17). The minimum absolute atomic E-state index is 0.389. The molecular weight excluding hydrogens is 221 g/mol. The fourth-order valence-electron chi connectivity index (χ4n) is 1.29. The third-order valence-corrected chi connectivity index (χ3v) is 2.16. The van der Waals surface area contributed by atoms with Crippen LogP contribution in [0.15, 0.2) is 41.3 Å². The van der Waals surface area contributed by atoms with Gasteiger partial charge < -0.3 is 5.73 Å². The van der Waals surface area contributed by atoms with E-state index >= 15 is 0 Å². The molecule has 2 aromatic rings. The van der Waals surface area contributed by atoms with E-state index in [1.165, 1.54) is 6.20 Å². The molecule has 0 radical (unpaired) electrons. The minimum Gasteiger partial charge on any atom is -0.381 e. The largest absolute Gasteiger partial charge is 0.381 e. The number of nitrogen functional groups attached to an aromatic ring is 1. The van der Waals surface area contributed by atoms with E-state index in [2.05, 4.69) is 4.98 Å². The number of hydrogen-bond acceptors (Lipinski definition) is 3. The molecule has 0 aliphatic carbocycles. The normalized spacial score (nSPS) is 10.9. The molecule has 0 saturated carbocycles. The third kappa shape index (κ3) is 2.57. The van der Waals surface area contributed by atoms with E-state index in [-0.39, 0.29) is 5.82 Å². The monoisotopic (exact) mass is 231 g/mol. The van der Waals surface area contributed by atoms with Gasteiger partial charge in [-0.05, 0) is 11.6 Å². The van der Waals surface area contributed by atoms with Crippen molar-refractivity contribution in [3.05, 3.63) is 58.4 Å². The Morgan fingerprint density at radius 1 is 1.29 bits per heavy atom. The van der Waals surface area contributed by atoms with Crippen molar-refractivity contribution in [3.8, 4) is 0 Å². The maximum atomic E-state index is 13.1. The molecule has 17 heavy (non-hydrogen) atoms. The lowest BCUT2D eigenvalue weighted by Crippen LogP contribution is -2.20. The number of benzene rings is 1. The molecule has 1 heterocycles. The van der Waals surface area contributed by atoms with Crippen LogP contribution in [0.2, 0.25) is 0 Å². The summed E-state index contributed by atoms with van der Waals surface area (Å²) in [6.45, 7) is 0. The molecule has 0 unspecified atom stereocenters. The van der Waals surface area contributed by atoms with Crippen LogP contribution in [0.3, 0.4) is 0 Å². The molecule has 0 bridgehead atoms. The van der Waals surface area contributed by atoms with Crippen LogP contribution in [-0.4, -0.2) is 9.55 Å². The second-order valence-electron chi connectivity index (χ2n) is 3.39. The molecule has 0 spiro atoms. The first-order valence-corrected chi connectivity index (χ1v) is 4.94. The molecule has 0 amide bonds. The predicted octanol–water partition coefficient (Wildman–Crippen LogP) is 1.59. The Labute approximate surface area is 96.8 Å². The number of aromatic nitrogens is 2. The van der Waals surface area contributed by atoms with E-state index in [9.17, 15) is 9.18 Å². The molecule has 5 heteroatoms. The van der Waals surface area contributed by atoms with E-state index in [1.54, 1.807) is 6.08 Å². The maximum Gasteiger partial charge on any atom is 0.353 e. The van der Waals surface area contributed by atoms with Gasteiger partial charge in [-0.25, -0.2) is 9.18 Å². The van der Waals surface area contributed by atoms with E-state index in [4.69, 9.17) is 5.73 Å². The Hall–Kier alpha value is -2.43. The molecule has 2 N–H and O–H groups in total. The van der Waals surface area contributed by atoms with Crippen LogP contribution in [0.5, 0.6) is 0 Å². The highest BCUT2D eigenvalue weighted by atomic mass is 19.1. The summed E-state index contributed by atoms with van der Waals surface area (Å²) < 4.78 is 14.1. The van der Waals surface area contributed by atoms with E-state index < -0.39 is 11.5 Å². The highest BCUT2D eigenvalue weighted by molar-refractivity contribution is 5.60. The molecule has 1 aromatic heterocycles. The first-order chi connectivity index (χ1) is 8.16. The second kappa shape index (κ2) is 4.61. The maximum absolute atomic E-state index is 13.1. The Morgan fingerprint density at radius 2 is 2.00 bits per heavy atom. The van der Waals surface area contributed by atoms with Gasteiger partial charge in [-0.15, -0.1) is 0 Å². The number of nitrogens with two attached hydrogens (primary N) is 1. The molecule has 0 aliphatic heterocycles. The Kier molecular flexibility index (Phi) is 3.00. The molecule has 4 nitrogen and oxygen atoms in total. The molecular formula is C12H10FN3O. The van der Waals surface area contributed by atoms with Gasteiger partial charge >= 0.3 is 5.69 Å². The number of rotatable bonds is 2. The number of anilines is 1. The van der Waals surface area contributed by atoms with Crippen LogP contribution < -0.4 is 11.4 Å². The van der Waals surface area contributed by atoms with Gasteiger partial charge in [0.1, 0.15) is 0 Å². The summed E-state index contributed by atoms with van der Waals surface area (Å²) in [5, 5.41) is 0. The molecule has 0 fully saturated rings. The van der Waals surface area contributed by atoms with Gasteiger partial charge in [0.2, 0.25) is 0 Å². The van der Waals surface area contributed by atoms with Crippen molar-refractivity contribution in [2.45, 2.75) is 0 Å². The molecule has 86 valence electrons. The fraction of sp³-hybridized carbons (Fsp3) is 0. The summed E-state index contributed by atoms with van der Waals surface area (Å²) in [4.78, 5) is 14.7. The van der Waals surface area contributed by atoms with Gasteiger partial charge in [0.25, 0.3) is 0 Å². The predicted molar refractivity (Wildman–Crippen MR) is 64.5 cm³/mol. The highest BCUT2D eigenvalue weighted by Crippen LogP contribution is 2.04. The van der Waals surface area contributed by atoms with Crippen molar-refractivity contribution in [1.29, 1.82) is 0 Å². The van der Waals surface area contributed by atoms with Crippen molar-refractivity contribution in [1.82, 2.24) is 9.55 Å². The van der Waals surface area contributed by atoms with Crippen LogP contribution in [-0.2, 0) is 0 Å². The van der Waals surface area contributed by atoms with Crippen molar-refractivity contribution >= 4 is 18.1 Å². The van der Waals surface area contributed by atoms with Crippen LogP contribution in [0.4, 0.5) is 10.2 Å². The average Bonchev–Trinajstić information content (AvgIpc) is 2.33. The van der Waals surface area contributed by atoms with Crippen LogP contribution >= 0.6 is 0 Å². The van der Waals surface area contributed by atoms with Crippen LogP contribution in [0.25, 0.3) is 12.3 Å². The summed E-state index contributed by atoms with van der Waals surface area (Å²) in [5.74, 6) is -1.11. The highest BCUT2D eigenvalue weighted by Gasteiger charge is 2.02. The zero-order valence-electron chi connectivity index (χ0n) is 8.88. The number of nitrogens with zero attached hydrogens (tertiary/aromatic N) is 2. The molecule has 0 aliphatic rings. The van der Waals surface area contributed by atoms with Crippen molar-refractivity contribution in [2.24, 2.45) is 0 Å². The van der Waals surface area contributed by atoms with Crippen LogP contribution in [0.1, 0.15) is 5.56 Å². The van der Waals surface area contributed by atoms with Crippen molar-refractivity contribution < 1.29 is 4.39 Å². The number of hydrogen-bond donors (Lipinski definition) is 1. The van der Waals surface area contributed by atoms with Crippen molar-refractivity contribution in [3.63, 3.8) is 0 Å². The fourth-order valence-corrected chi connectivity index (χ4v) is 1.29. The van der Waals surface area contributed by atoms with Gasteiger partial charge in [-0.3, -0.25) is 4.57 Å². The molecule has 1 aromatic carbocycles. The zero-order valence-corrected chi connectivity index (χ0v) is 8.88. The SMILES string of the molecule is Nc1nc(=O)n(C=Cc2ccccc2)cc1F. The van der Waals surface area contributed by atoms with Gasteiger partial charge in [0.15, 0.2) is 11.6 Å². The lowest BCUT2D eigenvalue weighted by atomic mass is 10.2. The molecule has 0 saturated heterocycles. The van der Waals surface area contributed by atoms with Gasteiger partial charge in [0.05, 0.1) is 6.20 Å². The van der Waals surface area contributed by atoms with E-state index in [0.29, 0.717) is 0 Å². The first-order valence-electron chi connectivity index (χ1n) is 4.94. The molecule has 2 rings (SSSR count). The van der Waals surface area contributed by atoms with Gasteiger partial charge in [-0.1, -0.05) is 30.3 Å². The quantitative estimate of drug-likeness (QED) is 0.853. The lowest BCUT2D eigenvalue weighted by molar-refractivity contribution is 0.610. The van der Waals surface area contributed by atoms with E-state index in [0.717, 1.165) is 16.3 Å². The Morgan fingerprint density at radius 3 is 2.71 bits per heavy atom. The summed E-state index contributed by atoms with van der Waals surface area (Å²) in [7, 11) is 0. The first kappa shape index (κ1) is 11.1. The van der Waals surface area contributed by atoms with Crippen LogP contribution in [0, 0.1) is 5.82 Å². The summed E-state index contributed by atoms with van der Waals surface area (Å²) in [5.41, 5.74) is 5.46. The summed E-state index contributed by atoms with van der Waals surface area (Å²) >= 11 is 0. The third-order valence-electron chi connectivity index (χ3n) is 2.16. The average molecular weight is 231 g/mol. The summed E-state index contributed by atoms with van der Waals surface area (Å²) in [6, 6.07) is 9.34. The smallest absolute Gasteiger partial charge is 0.353 e. The second-order valence-corrected chi connectivity index (χ2v) is 3.39. The zero-order chi connectivity index (χ0) is 12.3. The topological polar surface area (TPSA) is 60.9 Å². The number of halogens is 1. The van der Waals surface area contributed by atoms with E-state index in [1.807, 2.05) is 30.3 Å². The molecule has 0 atom stereocenters. The Bertz CT molecular complexity index is 605. The summed E-state index contributed by atoms with van der Waals surface area (Å²) in [6.07, 6.45) is 4.12. The Balaban J connectivity index is 2.34. The lowest BCUT2D eigenvalue weighted by Gasteiger charge is -1.99.